The molecule has 0 radical (unpaired) electrons. The fourth-order valence-electron chi connectivity index (χ4n) is 6.25. The molecule has 4 aliphatic rings. The van der Waals surface area contributed by atoms with E-state index in [0.717, 1.165) is 49.9 Å². The van der Waals surface area contributed by atoms with Crippen molar-refractivity contribution in [1.82, 2.24) is 15.3 Å². The van der Waals surface area contributed by atoms with E-state index in [1.165, 1.54) is 49.9 Å². The number of carbonyl (C=O) groups is 1. The van der Waals surface area contributed by atoms with Crippen LogP contribution in [0.2, 0.25) is 0 Å². The van der Waals surface area contributed by atoms with E-state index < -0.39 is 0 Å². The van der Waals surface area contributed by atoms with Gasteiger partial charge in [-0.15, -0.1) is 11.3 Å². The minimum absolute atomic E-state index is 0.0606. The van der Waals surface area contributed by atoms with Crippen LogP contribution >= 0.6 is 11.3 Å². The lowest BCUT2D eigenvalue weighted by atomic mass is 9.53. The molecule has 2 aromatic heterocycles. The molecular weight excluding hydrogens is 330 g/mol. The smallest absolute Gasteiger partial charge is 0.262 e. The molecule has 4 saturated carbocycles. The Balaban J connectivity index is 1.48. The van der Waals surface area contributed by atoms with Gasteiger partial charge in [0.15, 0.2) is 0 Å². The van der Waals surface area contributed by atoms with Gasteiger partial charge in [0.1, 0.15) is 10.7 Å². The lowest BCUT2D eigenvalue weighted by Crippen LogP contribution is -2.59. The fraction of sp³-hybridized carbons (Fsp3) is 0.650. The molecule has 0 saturated heterocycles. The van der Waals surface area contributed by atoms with E-state index in [-0.39, 0.29) is 11.4 Å². The second-order valence-corrected chi connectivity index (χ2v) is 9.74. The highest BCUT2D eigenvalue weighted by molar-refractivity contribution is 7.20. The van der Waals surface area contributed by atoms with Gasteiger partial charge in [0.2, 0.25) is 0 Å². The van der Waals surface area contributed by atoms with E-state index in [1.807, 2.05) is 20.8 Å². The Morgan fingerprint density at radius 3 is 2.24 bits per heavy atom. The summed E-state index contributed by atoms with van der Waals surface area (Å²) < 4.78 is 0. The molecule has 0 aliphatic heterocycles. The van der Waals surface area contributed by atoms with Crippen molar-refractivity contribution in [3.63, 3.8) is 0 Å². The first-order chi connectivity index (χ1) is 11.9. The second kappa shape index (κ2) is 5.26. The van der Waals surface area contributed by atoms with Crippen LogP contribution in [0, 0.1) is 38.5 Å². The van der Waals surface area contributed by atoms with Gasteiger partial charge >= 0.3 is 0 Å². The largest absolute Gasteiger partial charge is 0.346 e. The SMILES string of the molecule is Cc1nc(C)c2c(C)c(C(=O)NC34CC5CC(CC(C5)C3)C4)sc2n1. The molecular formula is C20H25N3OS. The highest BCUT2D eigenvalue weighted by atomic mass is 32.1. The van der Waals surface area contributed by atoms with Gasteiger partial charge < -0.3 is 5.32 Å². The van der Waals surface area contributed by atoms with Crippen molar-refractivity contribution >= 4 is 27.5 Å². The average Bonchev–Trinajstić information content (AvgIpc) is 2.82. The zero-order chi connectivity index (χ0) is 17.3. The third-order valence-corrected chi connectivity index (χ3v) is 7.89. The van der Waals surface area contributed by atoms with Gasteiger partial charge in [-0.25, -0.2) is 9.97 Å². The average molecular weight is 356 g/mol. The standard InChI is InChI=1S/C20H25N3OS/c1-10-16-11(2)21-12(3)22-19(16)25-17(10)18(24)23-20-7-13-4-14(8-20)6-15(5-13)9-20/h13-15H,4-9H2,1-3H3,(H,23,24). The molecule has 0 spiro atoms. The molecule has 5 heteroatoms. The Hall–Kier alpha value is -1.49. The molecule has 4 bridgehead atoms. The number of nitrogens with one attached hydrogen (secondary N) is 1. The Kier molecular flexibility index (Phi) is 3.31. The van der Waals surface area contributed by atoms with Gasteiger partial charge in [-0.3, -0.25) is 4.79 Å². The van der Waals surface area contributed by atoms with Crippen LogP contribution in [0.25, 0.3) is 10.2 Å². The highest BCUT2D eigenvalue weighted by Crippen LogP contribution is 2.55. The minimum Gasteiger partial charge on any atom is -0.346 e. The monoisotopic (exact) mass is 355 g/mol. The predicted molar refractivity (Wildman–Crippen MR) is 100.0 cm³/mol. The van der Waals surface area contributed by atoms with Crippen molar-refractivity contribution in [2.75, 3.05) is 0 Å². The maximum Gasteiger partial charge on any atom is 0.262 e. The lowest BCUT2D eigenvalue weighted by Gasteiger charge is -2.56. The van der Waals surface area contributed by atoms with Crippen LogP contribution in [0.5, 0.6) is 0 Å². The summed E-state index contributed by atoms with van der Waals surface area (Å²) in [5.74, 6) is 3.40. The fourth-order valence-corrected chi connectivity index (χ4v) is 7.42. The van der Waals surface area contributed by atoms with Crippen molar-refractivity contribution in [3.05, 3.63) is 22.0 Å². The number of rotatable bonds is 2. The zero-order valence-electron chi connectivity index (χ0n) is 15.2. The summed E-state index contributed by atoms with van der Waals surface area (Å²) in [6.45, 7) is 5.97. The Labute approximate surface area is 152 Å². The Morgan fingerprint density at radius 2 is 1.64 bits per heavy atom. The Bertz CT molecular complexity index is 849. The summed E-state index contributed by atoms with van der Waals surface area (Å²) in [4.78, 5) is 24.0. The van der Waals surface area contributed by atoms with Crippen LogP contribution < -0.4 is 5.32 Å². The van der Waals surface area contributed by atoms with Gasteiger partial charge in [0.05, 0.1) is 4.88 Å². The summed E-state index contributed by atoms with van der Waals surface area (Å²) in [6, 6.07) is 0. The van der Waals surface area contributed by atoms with Gasteiger partial charge in [-0.2, -0.15) is 0 Å². The van der Waals surface area contributed by atoms with Crippen LogP contribution in [0.15, 0.2) is 0 Å². The molecule has 4 aliphatic carbocycles. The van der Waals surface area contributed by atoms with Crippen molar-refractivity contribution < 1.29 is 4.79 Å². The second-order valence-electron chi connectivity index (χ2n) is 8.74. The summed E-state index contributed by atoms with van der Waals surface area (Å²) in [5.41, 5.74) is 2.08. The Morgan fingerprint density at radius 1 is 1.04 bits per heavy atom. The van der Waals surface area contributed by atoms with E-state index in [2.05, 4.69) is 15.3 Å². The molecule has 2 aromatic rings. The summed E-state index contributed by atoms with van der Waals surface area (Å²) in [7, 11) is 0. The molecule has 6 rings (SSSR count). The van der Waals surface area contributed by atoms with Crippen molar-refractivity contribution in [3.8, 4) is 0 Å². The van der Waals surface area contributed by atoms with E-state index in [1.54, 1.807) is 0 Å². The third kappa shape index (κ3) is 2.42. The van der Waals surface area contributed by atoms with Gasteiger partial charge in [-0.1, -0.05) is 0 Å². The number of hydrogen-bond acceptors (Lipinski definition) is 4. The number of carbonyl (C=O) groups excluding carboxylic acids is 1. The van der Waals surface area contributed by atoms with Crippen LogP contribution in [-0.2, 0) is 0 Å². The van der Waals surface area contributed by atoms with Crippen LogP contribution in [-0.4, -0.2) is 21.4 Å². The van der Waals surface area contributed by atoms with E-state index >= 15 is 0 Å². The van der Waals surface area contributed by atoms with Crippen LogP contribution in [0.1, 0.15) is 65.3 Å². The molecule has 0 atom stereocenters. The first kappa shape index (κ1) is 15.7. The van der Waals surface area contributed by atoms with E-state index in [4.69, 9.17) is 0 Å². The number of aryl methyl sites for hydroxylation is 3. The number of thiophene rings is 1. The number of amides is 1. The number of nitrogens with zero attached hydrogens (tertiary/aromatic N) is 2. The molecule has 4 nitrogen and oxygen atoms in total. The first-order valence-corrected chi connectivity index (χ1v) is 10.3. The quantitative estimate of drug-likeness (QED) is 0.873. The minimum atomic E-state index is 0.0606. The molecule has 1 N–H and O–H groups in total. The maximum atomic E-state index is 13.2. The number of fused-ring (bicyclic) bond motifs is 1. The van der Waals surface area contributed by atoms with Crippen molar-refractivity contribution in [2.24, 2.45) is 17.8 Å². The lowest BCUT2D eigenvalue weighted by molar-refractivity contribution is -0.0166. The number of hydrogen-bond donors (Lipinski definition) is 1. The van der Waals surface area contributed by atoms with Crippen molar-refractivity contribution in [2.45, 2.75) is 64.8 Å². The normalized spacial score (nSPS) is 33.2. The zero-order valence-corrected chi connectivity index (χ0v) is 16.0. The molecule has 4 fully saturated rings. The molecule has 1 amide bonds. The molecule has 0 aromatic carbocycles. The molecule has 0 unspecified atom stereocenters. The van der Waals surface area contributed by atoms with Gasteiger partial charge in [0.25, 0.3) is 5.91 Å². The summed E-state index contributed by atoms with van der Waals surface area (Å²) in [5, 5.41) is 4.56. The topological polar surface area (TPSA) is 54.9 Å². The summed E-state index contributed by atoms with van der Waals surface area (Å²) >= 11 is 1.53. The third-order valence-electron chi connectivity index (χ3n) is 6.71. The van der Waals surface area contributed by atoms with E-state index in [9.17, 15) is 4.79 Å². The van der Waals surface area contributed by atoms with Crippen molar-refractivity contribution in [1.29, 1.82) is 0 Å². The van der Waals surface area contributed by atoms with Crippen LogP contribution in [0.3, 0.4) is 0 Å². The van der Waals surface area contributed by atoms with E-state index in [0.29, 0.717) is 0 Å². The predicted octanol–water partition coefficient (Wildman–Crippen LogP) is 4.32. The molecule has 132 valence electrons. The van der Waals surface area contributed by atoms with Gasteiger partial charge in [-0.05, 0) is 82.6 Å². The first-order valence-electron chi connectivity index (χ1n) is 9.49. The molecule has 2 heterocycles. The highest BCUT2D eigenvalue weighted by Gasteiger charge is 2.51. The maximum absolute atomic E-state index is 13.2. The van der Waals surface area contributed by atoms with Gasteiger partial charge in [0, 0.05) is 16.6 Å². The van der Waals surface area contributed by atoms with Crippen LogP contribution in [0.4, 0.5) is 0 Å². The number of aromatic nitrogens is 2. The summed E-state index contributed by atoms with van der Waals surface area (Å²) in [6.07, 6.45) is 7.74. The molecule has 25 heavy (non-hydrogen) atoms.